The Morgan fingerprint density at radius 1 is 1.00 bits per heavy atom. The third-order valence-electron chi connectivity index (χ3n) is 2.63. The number of carbonyl (C=O) groups excluding carboxylic acids is 1. The Hall–Kier alpha value is -1.30. The average Bonchev–Trinajstić information content (AvgIpc) is 2.43. The van der Waals surface area contributed by atoms with E-state index in [4.69, 9.17) is 34.8 Å². The summed E-state index contributed by atoms with van der Waals surface area (Å²) < 4.78 is 38.2. The van der Waals surface area contributed by atoms with Gasteiger partial charge in [0.15, 0.2) is 6.29 Å². The summed E-state index contributed by atoms with van der Waals surface area (Å²) in [6, 6.07) is 4.46. The molecule has 0 aliphatic heterocycles. The summed E-state index contributed by atoms with van der Waals surface area (Å²) in [5.41, 5.74) is -1.28. The van der Waals surface area contributed by atoms with Crippen LogP contribution in [0.15, 0.2) is 24.3 Å². The van der Waals surface area contributed by atoms with Crippen molar-refractivity contribution in [1.82, 2.24) is 4.98 Å². The van der Waals surface area contributed by atoms with E-state index < -0.39 is 11.9 Å². The molecule has 0 spiro atoms. The number of carbonyl (C=O) groups is 1. The Kier molecular flexibility index (Phi) is 4.46. The van der Waals surface area contributed by atoms with Crippen molar-refractivity contribution in [1.29, 1.82) is 0 Å². The first-order chi connectivity index (χ1) is 9.75. The van der Waals surface area contributed by atoms with Gasteiger partial charge in [-0.15, -0.1) is 0 Å². The van der Waals surface area contributed by atoms with Gasteiger partial charge in [-0.3, -0.25) is 4.79 Å². The van der Waals surface area contributed by atoms with Crippen LogP contribution >= 0.6 is 34.8 Å². The van der Waals surface area contributed by atoms with Crippen molar-refractivity contribution in [3.8, 4) is 11.3 Å². The van der Waals surface area contributed by atoms with Crippen LogP contribution in [0.5, 0.6) is 0 Å². The van der Waals surface area contributed by atoms with Crippen LogP contribution in [0.1, 0.15) is 16.1 Å². The molecule has 2 rings (SSSR count). The maximum atomic E-state index is 12.7. The van der Waals surface area contributed by atoms with E-state index in [-0.39, 0.29) is 31.9 Å². The van der Waals surface area contributed by atoms with Crippen molar-refractivity contribution in [2.45, 2.75) is 6.18 Å². The average molecular weight is 355 g/mol. The molecular formula is C13H5Cl3F3NO. The summed E-state index contributed by atoms with van der Waals surface area (Å²) in [7, 11) is 0. The Balaban J connectivity index is 2.73. The molecule has 0 unspecified atom stereocenters. The molecule has 1 aromatic heterocycles. The zero-order valence-electron chi connectivity index (χ0n) is 10.0. The van der Waals surface area contributed by atoms with E-state index in [1.165, 1.54) is 12.1 Å². The van der Waals surface area contributed by atoms with E-state index in [1.54, 1.807) is 0 Å². The number of rotatable bonds is 2. The molecular weight excluding hydrogens is 350 g/mol. The Labute approximate surface area is 132 Å². The lowest BCUT2D eigenvalue weighted by Crippen LogP contribution is -2.09. The largest absolute Gasteiger partial charge is 0.433 e. The number of halogens is 6. The van der Waals surface area contributed by atoms with Gasteiger partial charge in [0, 0.05) is 11.1 Å². The standard InChI is InChI=1S/C13H5Cl3F3NO/c14-8-3-2-7(10(15)11(8)16)12-6(5-21)1-4-9(20-12)13(17,18)19/h1-5H. The zero-order valence-corrected chi connectivity index (χ0v) is 12.3. The van der Waals surface area contributed by atoms with Crippen LogP contribution in [0.2, 0.25) is 15.1 Å². The Bertz CT molecular complexity index is 717. The van der Waals surface area contributed by atoms with E-state index in [9.17, 15) is 18.0 Å². The van der Waals surface area contributed by atoms with Gasteiger partial charge in [0.1, 0.15) is 5.69 Å². The predicted molar refractivity (Wildman–Crippen MR) is 75.1 cm³/mol. The van der Waals surface area contributed by atoms with Gasteiger partial charge in [0.2, 0.25) is 0 Å². The smallest absolute Gasteiger partial charge is 0.298 e. The lowest BCUT2D eigenvalue weighted by atomic mass is 10.1. The monoisotopic (exact) mass is 353 g/mol. The highest BCUT2D eigenvalue weighted by Gasteiger charge is 2.33. The first-order valence-electron chi connectivity index (χ1n) is 5.43. The van der Waals surface area contributed by atoms with Crippen molar-refractivity contribution in [2.75, 3.05) is 0 Å². The molecule has 21 heavy (non-hydrogen) atoms. The quantitative estimate of drug-likeness (QED) is 0.523. The highest BCUT2D eigenvalue weighted by Crippen LogP contribution is 2.39. The fourth-order valence-electron chi connectivity index (χ4n) is 1.65. The van der Waals surface area contributed by atoms with Crippen LogP contribution in [0.3, 0.4) is 0 Å². The molecule has 0 bridgehead atoms. The van der Waals surface area contributed by atoms with E-state index in [1.807, 2.05) is 0 Å². The molecule has 0 atom stereocenters. The van der Waals surface area contributed by atoms with Crippen LogP contribution in [0, 0.1) is 0 Å². The van der Waals surface area contributed by atoms with Crippen LogP contribution in [-0.2, 0) is 6.18 Å². The molecule has 1 aromatic carbocycles. The summed E-state index contributed by atoms with van der Waals surface area (Å²) in [5.74, 6) is 0. The number of benzene rings is 1. The van der Waals surface area contributed by atoms with Gasteiger partial charge in [-0.1, -0.05) is 34.8 Å². The van der Waals surface area contributed by atoms with Crippen LogP contribution in [0.4, 0.5) is 13.2 Å². The molecule has 2 aromatic rings. The summed E-state index contributed by atoms with van der Waals surface area (Å²) in [4.78, 5) is 14.5. The molecule has 0 saturated heterocycles. The fourth-order valence-corrected chi connectivity index (χ4v) is 2.27. The highest BCUT2D eigenvalue weighted by atomic mass is 35.5. The number of aromatic nitrogens is 1. The number of pyridine rings is 1. The second kappa shape index (κ2) is 5.83. The van der Waals surface area contributed by atoms with Crippen molar-refractivity contribution in [3.63, 3.8) is 0 Å². The fraction of sp³-hybridized carbons (Fsp3) is 0.0769. The highest BCUT2D eigenvalue weighted by molar-refractivity contribution is 6.49. The molecule has 0 fully saturated rings. The summed E-state index contributed by atoms with van der Waals surface area (Å²) in [6.07, 6.45) is -4.25. The molecule has 0 radical (unpaired) electrons. The SMILES string of the molecule is O=Cc1ccc(C(F)(F)F)nc1-c1ccc(Cl)c(Cl)c1Cl. The molecule has 110 valence electrons. The third-order valence-corrected chi connectivity index (χ3v) is 3.93. The van der Waals surface area contributed by atoms with Crippen molar-refractivity contribution >= 4 is 41.1 Å². The third kappa shape index (κ3) is 3.15. The number of alkyl halides is 3. The van der Waals surface area contributed by atoms with Crippen molar-refractivity contribution in [3.05, 3.63) is 50.6 Å². The maximum Gasteiger partial charge on any atom is 0.433 e. The lowest BCUT2D eigenvalue weighted by molar-refractivity contribution is -0.141. The zero-order chi connectivity index (χ0) is 15.8. The van der Waals surface area contributed by atoms with E-state index in [0.717, 1.165) is 12.1 Å². The molecule has 0 amide bonds. The first kappa shape index (κ1) is 16.1. The number of nitrogens with zero attached hydrogens (tertiary/aromatic N) is 1. The first-order valence-corrected chi connectivity index (χ1v) is 6.56. The predicted octanol–water partition coefficient (Wildman–Crippen LogP) is 5.54. The van der Waals surface area contributed by atoms with Crippen LogP contribution < -0.4 is 0 Å². The van der Waals surface area contributed by atoms with E-state index >= 15 is 0 Å². The number of hydrogen-bond donors (Lipinski definition) is 0. The Morgan fingerprint density at radius 3 is 2.24 bits per heavy atom. The van der Waals surface area contributed by atoms with Gasteiger partial charge in [-0.2, -0.15) is 13.2 Å². The topological polar surface area (TPSA) is 30.0 Å². The van der Waals surface area contributed by atoms with Gasteiger partial charge in [-0.05, 0) is 24.3 Å². The molecule has 0 aliphatic rings. The molecule has 0 saturated carbocycles. The van der Waals surface area contributed by atoms with Gasteiger partial charge in [0.05, 0.1) is 20.8 Å². The summed E-state index contributed by atoms with van der Waals surface area (Å²) in [5, 5.41) is 0.0519. The van der Waals surface area contributed by atoms with Gasteiger partial charge in [-0.25, -0.2) is 4.98 Å². The molecule has 8 heteroatoms. The lowest BCUT2D eigenvalue weighted by Gasteiger charge is -2.12. The van der Waals surface area contributed by atoms with Gasteiger partial charge < -0.3 is 0 Å². The maximum absolute atomic E-state index is 12.7. The van der Waals surface area contributed by atoms with E-state index in [2.05, 4.69) is 4.98 Å². The minimum Gasteiger partial charge on any atom is -0.298 e. The second-order valence-electron chi connectivity index (χ2n) is 3.97. The number of aldehydes is 1. The van der Waals surface area contributed by atoms with Gasteiger partial charge in [0.25, 0.3) is 0 Å². The van der Waals surface area contributed by atoms with Crippen molar-refractivity contribution < 1.29 is 18.0 Å². The minimum absolute atomic E-state index is 0.0214. The number of hydrogen-bond acceptors (Lipinski definition) is 2. The normalized spacial score (nSPS) is 11.5. The minimum atomic E-state index is -4.64. The molecule has 0 aliphatic carbocycles. The van der Waals surface area contributed by atoms with E-state index in [0.29, 0.717) is 6.29 Å². The molecule has 2 nitrogen and oxygen atoms in total. The second-order valence-corrected chi connectivity index (χ2v) is 5.14. The van der Waals surface area contributed by atoms with Gasteiger partial charge >= 0.3 is 6.18 Å². The summed E-state index contributed by atoms with van der Waals surface area (Å²) >= 11 is 17.6. The van der Waals surface area contributed by atoms with Crippen LogP contribution in [0.25, 0.3) is 11.3 Å². The molecule has 0 N–H and O–H groups in total. The summed E-state index contributed by atoms with van der Waals surface area (Å²) in [6.45, 7) is 0. The van der Waals surface area contributed by atoms with Crippen LogP contribution in [-0.4, -0.2) is 11.3 Å². The van der Waals surface area contributed by atoms with Crippen molar-refractivity contribution in [2.24, 2.45) is 0 Å². The Morgan fingerprint density at radius 2 is 1.67 bits per heavy atom. The molecule has 1 heterocycles.